The first kappa shape index (κ1) is 13.3. The number of aryl methyl sites for hydroxylation is 2. The van der Waals surface area contributed by atoms with E-state index in [0.29, 0.717) is 12.5 Å². The Balaban J connectivity index is 1.58. The molecule has 3 aromatic rings. The van der Waals surface area contributed by atoms with Crippen LogP contribution in [-0.4, -0.2) is 19.7 Å². The number of benzene rings is 1. The topological polar surface area (TPSA) is 66.0 Å². The number of ether oxygens (including phenoxy) is 1. The molecule has 0 fully saturated rings. The van der Waals surface area contributed by atoms with Crippen LogP contribution in [0, 0.1) is 6.92 Å². The van der Waals surface area contributed by atoms with E-state index in [-0.39, 0.29) is 0 Å². The minimum atomic E-state index is 0.401. The molecule has 1 aromatic carbocycles. The van der Waals surface area contributed by atoms with E-state index < -0.39 is 0 Å². The Labute approximate surface area is 128 Å². The van der Waals surface area contributed by atoms with Crippen LogP contribution in [0.25, 0.3) is 11.1 Å². The summed E-state index contributed by atoms with van der Waals surface area (Å²) in [5.41, 5.74) is 1.51. The van der Waals surface area contributed by atoms with Gasteiger partial charge in [-0.15, -0.1) is 10.2 Å². The summed E-state index contributed by atoms with van der Waals surface area (Å²) >= 11 is 0. The number of hydrogen-bond acceptors (Lipinski definition) is 5. The van der Waals surface area contributed by atoms with Crippen LogP contribution in [0.2, 0.25) is 0 Å². The standard InChI is InChI=1S/C16H18N4O2/c1-11-17-16-12(6-5-7-13(16)22-11)21-10-15-19-18-14-8-3-2-4-9-20(14)15/h5-7H,2-4,8-10H2,1H3. The van der Waals surface area contributed by atoms with E-state index in [2.05, 4.69) is 19.7 Å². The molecule has 0 amide bonds. The van der Waals surface area contributed by atoms with Crippen LogP contribution in [-0.2, 0) is 19.6 Å². The third kappa shape index (κ3) is 2.34. The van der Waals surface area contributed by atoms with E-state index in [9.17, 15) is 0 Å². The minimum Gasteiger partial charge on any atom is -0.483 e. The lowest BCUT2D eigenvalue weighted by molar-refractivity contribution is 0.291. The lowest BCUT2D eigenvalue weighted by Gasteiger charge is -2.08. The Bertz CT molecular complexity index is 806. The number of aromatic nitrogens is 4. The molecular weight excluding hydrogens is 280 g/mol. The summed E-state index contributed by atoms with van der Waals surface area (Å²) in [5, 5.41) is 8.58. The van der Waals surface area contributed by atoms with E-state index in [4.69, 9.17) is 9.15 Å². The lowest BCUT2D eigenvalue weighted by atomic mass is 10.2. The molecule has 0 unspecified atom stereocenters. The molecule has 1 aliphatic rings. The average Bonchev–Trinajstić information content (AvgIpc) is 3.00. The molecule has 0 aliphatic carbocycles. The van der Waals surface area contributed by atoms with E-state index >= 15 is 0 Å². The van der Waals surface area contributed by atoms with Gasteiger partial charge in [-0.25, -0.2) is 4.98 Å². The molecule has 0 atom stereocenters. The van der Waals surface area contributed by atoms with Crippen LogP contribution in [0.4, 0.5) is 0 Å². The van der Waals surface area contributed by atoms with Crippen LogP contribution < -0.4 is 4.74 Å². The van der Waals surface area contributed by atoms with Crippen LogP contribution >= 0.6 is 0 Å². The minimum absolute atomic E-state index is 0.401. The Hall–Kier alpha value is -2.37. The average molecular weight is 298 g/mol. The molecule has 2 aromatic heterocycles. The normalized spacial score (nSPS) is 14.8. The second-order valence-corrected chi connectivity index (χ2v) is 5.62. The van der Waals surface area contributed by atoms with Gasteiger partial charge in [0.1, 0.15) is 18.2 Å². The van der Waals surface area contributed by atoms with Crippen molar-refractivity contribution in [2.75, 3.05) is 0 Å². The second kappa shape index (κ2) is 5.44. The largest absolute Gasteiger partial charge is 0.483 e. The van der Waals surface area contributed by atoms with E-state index in [1.54, 1.807) is 0 Å². The van der Waals surface area contributed by atoms with Crippen LogP contribution in [0.1, 0.15) is 36.8 Å². The second-order valence-electron chi connectivity index (χ2n) is 5.62. The van der Waals surface area contributed by atoms with Gasteiger partial charge in [-0.1, -0.05) is 12.5 Å². The predicted molar refractivity (Wildman–Crippen MR) is 80.7 cm³/mol. The molecule has 22 heavy (non-hydrogen) atoms. The molecular formula is C16H18N4O2. The maximum absolute atomic E-state index is 5.94. The van der Waals surface area contributed by atoms with Crippen LogP contribution in [0.3, 0.4) is 0 Å². The molecule has 0 spiro atoms. The Morgan fingerprint density at radius 1 is 1.23 bits per heavy atom. The van der Waals surface area contributed by atoms with Crippen LogP contribution in [0.5, 0.6) is 5.75 Å². The summed E-state index contributed by atoms with van der Waals surface area (Å²) in [5.74, 6) is 3.32. The summed E-state index contributed by atoms with van der Waals surface area (Å²) in [7, 11) is 0. The van der Waals surface area contributed by atoms with E-state index in [1.165, 1.54) is 19.3 Å². The first-order valence-electron chi connectivity index (χ1n) is 7.71. The van der Waals surface area contributed by atoms with E-state index in [0.717, 1.165) is 41.5 Å². The molecule has 0 N–H and O–H groups in total. The molecule has 0 bridgehead atoms. The maximum atomic E-state index is 5.94. The van der Waals surface area contributed by atoms with Crippen molar-refractivity contribution in [3.8, 4) is 5.75 Å². The lowest BCUT2D eigenvalue weighted by Crippen LogP contribution is -2.09. The van der Waals surface area contributed by atoms with Crippen molar-refractivity contribution >= 4 is 11.1 Å². The maximum Gasteiger partial charge on any atom is 0.192 e. The van der Waals surface area contributed by atoms with Gasteiger partial charge in [0.15, 0.2) is 22.8 Å². The summed E-state index contributed by atoms with van der Waals surface area (Å²) in [6.45, 7) is 3.22. The molecule has 6 nitrogen and oxygen atoms in total. The number of fused-ring (bicyclic) bond motifs is 2. The number of rotatable bonds is 3. The van der Waals surface area contributed by atoms with Crippen molar-refractivity contribution < 1.29 is 9.15 Å². The summed E-state index contributed by atoms with van der Waals surface area (Å²) in [4.78, 5) is 4.38. The van der Waals surface area contributed by atoms with Gasteiger partial charge in [-0.05, 0) is 25.0 Å². The number of para-hydroxylation sites is 1. The third-order valence-electron chi connectivity index (χ3n) is 4.03. The van der Waals surface area contributed by atoms with Crippen molar-refractivity contribution in [3.63, 3.8) is 0 Å². The van der Waals surface area contributed by atoms with Gasteiger partial charge in [0.05, 0.1) is 0 Å². The number of hydrogen-bond donors (Lipinski definition) is 0. The van der Waals surface area contributed by atoms with Gasteiger partial charge >= 0.3 is 0 Å². The Morgan fingerprint density at radius 2 is 2.18 bits per heavy atom. The van der Waals surface area contributed by atoms with Crippen molar-refractivity contribution in [2.24, 2.45) is 0 Å². The Morgan fingerprint density at radius 3 is 3.14 bits per heavy atom. The van der Waals surface area contributed by atoms with Crippen molar-refractivity contribution in [1.82, 2.24) is 19.7 Å². The molecule has 0 radical (unpaired) electrons. The number of nitrogens with zero attached hydrogens (tertiary/aromatic N) is 4. The van der Waals surface area contributed by atoms with Gasteiger partial charge in [0, 0.05) is 19.9 Å². The molecule has 1 aliphatic heterocycles. The highest BCUT2D eigenvalue weighted by atomic mass is 16.5. The van der Waals surface area contributed by atoms with Crippen LogP contribution in [0.15, 0.2) is 22.6 Å². The number of oxazole rings is 1. The van der Waals surface area contributed by atoms with Gasteiger partial charge in [-0.3, -0.25) is 0 Å². The van der Waals surface area contributed by atoms with Gasteiger partial charge in [-0.2, -0.15) is 0 Å². The summed E-state index contributed by atoms with van der Waals surface area (Å²) in [6.07, 6.45) is 4.62. The molecule has 0 saturated heterocycles. The zero-order valence-corrected chi connectivity index (χ0v) is 12.6. The predicted octanol–water partition coefficient (Wildman–Crippen LogP) is 3.03. The fraction of sp³-hybridized carbons (Fsp3) is 0.438. The van der Waals surface area contributed by atoms with Gasteiger partial charge in [0.25, 0.3) is 0 Å². The molecule has 4 rings (SSSR count). The molecule has 3 heterocycles. The van der Waals surface area contributed by atoms with Crippen molar-refractivity contribution in [2.45, 2.75) is 45.8 Å². The Kier molecular flexibility index (Phi) is 3.29. The highest BCUT2D eigenvalue weighted by molar-refractivity contribution is 5.79. The first-order chi connectivity index (χ1) is 10.8. The SMILES string of the molecule is Cc1nc2c(OCc3nnc4n3CCCCC4)cccc2o1. The summed E-state index contributed by atoms with van der Waals surface area (Å²) < 4.78 is 13.7. The van der Waals surface area contributed by atoms with Gasteiger partial charge < -0.3 is 13.7 Å². The molecule has 114 valence electrons. The molecule has 0 saturated carbocycles. The van der Waals surface area contributed by atoms with Gasteiger partial charge in [0.2, 0.25) is 0 Å². The highest BCUT2D eigenvalue weighted by Crippen LogP contribution is 2.26. The first-order valence-corrected chi connectivity index (χ1v) is 7.71. The van der Waals surface area contributed by atoms with E-state index in [1.807, 2.05) is 25.1 Å². The fourth-order valence-electron chi connectivity index (χ4n) is 2.94. The summed E-state index contributed by atoms with van der Waals surface area (Å²) in [6, 6.07) is 5.71. The van der Waals surface area contributed by atoms with Crippen molar-refractivity contribution in [1.29, 1.82) is 0 Å². The fourth-order valence-corrected chi connectivity index (χ4v) is 2.94. The molecule has 6 heteroatoms. The zero-order chi connectivity index (χ0) is 14.9. The third-order valence-corrected chi connectivity index (χ3v) is 4.03. The smallest absolute Gasteiger partial charge is 0.192 e. The zero-order valence-electron chi connectivity index (χ0n) is 12.6. The quantitative estimate of drug-likeness (QED) is 0.743. The van der Waals surface area contributed by atoms with Crippen molar-refractivity contribution in [3.05, 3.63) is 35.7 Å². The monoisotopic (exact) mass is 298 g/mol. The highest BCUT2D eigenvalue weighted by Gasteiger charge is 2.16.